The molecule has 0 bridgehead atoms. The highest BCUT2D eigenvalue weighted by atomic mass is 79.9. The van der Waals surface area contributed by atoms with Crippen LogP contribution in [0.4, 0.5) is 0 Å². The number of carboxylic acid groups (broad SMARTS) is 1. The maximum atomic E-state index is 10.3. The molecule has 0 aliphatic heterocycles. The summed E-state index contributed by atoms with van der Waals surface area (Å²) in [6, 6.07) is 3.43. The molecule has 5 heteroatoms. The molecule has 1 aromatic rings. The molecule has 0 saturated heterocycles. The van der Waals surface area contributed by atoms with E-state index >= 15 is 0 Å². The Balaban J connectivity index is 2.93. The fourth-order valence-electron chi connectivity index (χ4n) is 0.736. The first kappa shape index (κ1) is 9.67. The van der Waals surface area contributed by atoms with E-state index in [1.165, 1.54) is 0 Å². The van der Waals surface area contributed by atoms with Crippen LogP contribution in [-0.4, -0.2) is 16.1 Å². The van der Waals surface area contributed by atoms with Crippen molar-refractivity contribution in [3.8, 4) is 0 Å². The smallest absolute Gasteiger partial charge is 0.307 e. The van der Waals surface area contributed by atoms with Crippen molar-refractivity contribution in [1.29, 1.82) is 0 Å². The molecule has 0 unspecified atom stereocenters. The second kappa shape index (κ2) is 4.00. The van der Waals surface area contributed by atoms with Gasteiger partial charge in [-0.1, -0.05) is 6.07 Å². The van der Waals surface area contributed by atoms with Gasteiger partial charge in [-0.05, 0) is 43.5 Å². The SMILES string of the molecule is O=C(O)Cc1ccc(Br)nc1Br. The average molecular weight is 295 g/mol. The molecule has 3 nitrogen and oxygen atoms in total. The molecule has 1 rings (SSSR count). The van der Waals surface area contributed by atoms with Gasteiger partial charge in [0.05, 0.1) is 6.42 Å². The topological polar surface area (TPSA) is 50.2 Å². The summed E-state index contributed by atoms with van der Waals surface area (Å²) in [6.45, 7) is 0. The zero-order valence-corrected chi connectivity index (χ0v) is 9.09. The van der Waals surface area contributed by atoms with Crippen molar-refractivity contribution in [2.75, 3.05) is 0 Å². The van der Waals surface area contributed by atoms with E-state index in [1.54, 1.807) is 12.1 Å². The van der Waals surface area contributed by atoms with E-state index < -0.39 is 5.97 Å². The molecule has 0 radical (unpaired) electrons. The normalized spacial score (nSPS) is 9.83. The fraction of sp³-hybridized carbons (Fsp3) is 0.143. The van der Waals surface area contributed by atoms with Crippen LogP contribution in [0, 0.1) is 0 Å². The largest absolute Gasteiger partial charge is 0.481 e. The van der Waals surface area contributed by atoms with E-state index in [0.29, 0.717) is 14.8 Å². The predicted molar refractivity (Wildman–Crippen MR) is 51.0 cm³/mol. The van der Waals surface area contributed by atoms with Crippen molar-refractivity contribution in [2.24, 2.45) is 0 Å². The van der Waals surface area contributed by atoms with Crippen LogP contribution in [0.1, 0.15) is 5.56 Å². The third kappa shape index (κ3) is 2.57. The van der Waals surface area contributed by atoms with E-state index in [-0.39, 0.29) is 6.42 Å². The molecule has 1 N–H and O–H groups in total. The zero-order chi connectivity index (χ0) is 9.14. The van der Waals surface area contributed by atoms with Crippen LogP contribution in [0.5, 0.6) is 0 Å². The van der Waals surface area contributed by atoms with Gasteiger partial charge in [0.15, 0.2) is 0 Å². The standard InChI is InChI=1S/C7H5Br2NO2/c8-5-2-1-4(3-6(11)12)7(9)10-5/h1-2H,3H2,(H,11,12). The molecule has 12 heavy (non-hydrogen) atoms. The summed E-state index contributed by atoms with van der Waals surface area (Å²) in [5, 5.41) is 8.50. The minimum Gasteiger partial charge on any atom is -0.481 e. The Kier molecular flexibility index (Phi) is 3.22. The number of nitrogens with zero attached hydrogens (tertiary/aromatic N) is 1. The van der Waals surface area contributed by atoms with Crippen LogP contribution in [0.3, 0.4) is 0 Å². The van der Waals surface area contributed by atoms with Crippen LogP contribution in [0.25, 0.3) is 0 Å². The Morgan fingerprint density at radius 3 is 2.67 bits per heavy atom. The predicted octanol–water partition coefficient (Wildman–Crippen LogP) is 2.23. The summed E-state index contributed by atoms with van der Waals surface area (Å²) in [5.41, 5.74) is 0.672. The third-order valence-corrected chi connectivity index (χ3v) is 2.36. The fourth-order valence-corrected chi connectivity index (χ4v) is 1.75. The van der Waals surface area contributed by atoms with E-state index in [9.17, 15) is 4.79 Å². The molecule has 0 aromatic carbocycles. The van der Waals surface area contributed by atoms with Crippen LogP contribution in [-0.2, 0) is 11.2 Å². The van der Waals surface area contributed by atoms with Crippen LogP contribution in [0.15, 0.2) is 21.3 Å². The van der Waals surface area contributed by atoms with E-state index in [1.807, 2.05) is 0 Å². The Labute approximate surface area is 86.1 Å². The molecular weight excluding hydrogens is 290 g/mol. The minimum absolute atomic E-state index is 0.0130. The molecule has 0 aliphatic rings. The Bertz CT molecular complexity index is 314. The van der Waals surface area contributed by atoms with Gasteiger partial charge in [-0.3, -0.25) is 4.79 Å². The molecule has 64 valence electrons. The average Bonchev–Trinajstić information content (AvgIpc) is 1.94. The minimum atomic E-state index is -0.861. The first-order valence-electron chi connectivity index (χ1n) is 3.12. The van der Waals surface area contributed by atoms with E-state index in [0.717, 1.165) is 0 Å². The van der Waals surface area contributed by atoms with Gasteiger partial charge in [0.25, 0.3) is 0 Å². The summed E-state index contributed by atoms with van der Waals surface area (Å²) in [4.78, 5) is 14.3. The molecular formula is C7H5Br2NO2. The van der Waals surface area contributed by atoms with Gasteiger partial charge in [-0.25, -0.2) is 4.98 Å². The molecule has 0 saturated carbocycles. The van der Waals surface area contributed by atoms with Crippen molar-refractivity contribution in [3.05, 3.63) is 26.9 Å². The van der Waals surface area contributed by atoms with Crippen molar-refractivity contribution in [3.63, 3.8) is 0 Å². The van der Waals surface area contributed by atoms with Gasteiger partial charge in [0.1, 0.15) is 9.21 Å². The molecule has 0 aliphatic carbocycles. The van der Waals surface area contributed by atoms with Gasteiger partial charge < -0.3 is 5.11 Å². The Hall–Kier alpha value is -0.420. The number of halogens is 2. The number of hydrogen-bond acceptors (Lipinski definition) is 2. The quantitative estimate of drug-likeness (QED) is 0.851. The highest BCUT2D eigenvalue weighted by molar-refractivity contribution is 9.11. The maximum absolute atomic E-state index is 10.3. The summed E-state index contributed by atoms with van der Waals surface area (Å²) in [5.74, 6) is -0.861. The van der Waals surface area contributed by atoms with Gasteiger partial charge in [0.2, 0.25) is 0 Å². The summed E-state index contributed by atoms with van der Waals surface area (Å²) in [6.07, 6.45) is -0.0130. The monoisotopic (exact) mass is 293 g/mol. The lowest BCUT2D eigenvalue weighted by Crippen LogP contribution is -2.01. The number of carboxylic acids is 1. The zero-order valence-electron chi connectivity index (χ0n) is 5.92. The molecule has 0 atom stereocenters. The van der Waals surface area contributed by atoms with Gasteiger partial charge in [0, 0.05) is 0 Å². The van der Waals surface area contributed by atoms with Crippen molar-refractivity contribution >= 4 is 37.8 Å². The number of carbonyl (C=O) groups is 1. The van der Waals surface area contributed by atoms with E-state index in [4.69, 9.17) is 5.11 Å². The van der Waals surface area contributed by atoms with Crippen molar-refractivity contribution < 1.29 is 9.90 Å². The second-order valence-electron chi connectivity index (χ2n) is 2.15. The molecule has 0 fully saturated rings. The molecule has 0 spiro atoms. The first-order chi connectivity index (χ1) is 5.59. The number of pyridine rings is 1. The summed E-state index contributed by atoms with van der Waals surface area (Å²) >= 11 is 6.35. The highest BCUT2D eigenvalue weighted by Gasteiger charge is 2.05. The van der Waals surface area contributed by atoms with Crippen molar-refractivity contribution in [2.45, 2.75) is 6.42 Å². The van der Waals surface area contributed by atoms with Gasteiger partial charge in [-0.2, -0.15) is 0 Å². The van der Waals surface area contributed by atoms with Crippen LogP contribution in [0.2, 0.25) is 0 Å². The number of aromatic nitrogens is 1. The summed E-state index contributed by atoms with van der Waals surface area (Å²) < 4.78 is 1.25. The summed E-state index contributed by atoms with van der Waals surface area (Å²) in [7, 11) is 0. The van der Waals surface area contributed by atoms with Gasteiger partial charge in [-0.15, -0.1) is 0 Å². The lowest BCUT2D eigenvalue weighted by atomic mass is 10.2. The van der Waals surface area contributed by atoms with Gasteiger partial charge >= 0.3 is 5.97 Å². The van der Waals surface area contributed by atoms with Crippen LogP contribution < -0.4 is 0 Å². The lowest BCUT2D eigenvalue weighted by molar-refractivity contribution is -0.136. The third-order valence-electron chi connectivity index (χ3n) is 1.23. The molecule has 1 aromatic heterocycles. The van der Waals surface area contributed by atoms with E-state index in [2.05, 4.69) is 36.8 Å². The molecule has 0 amide bonds. The number of aliphatic carboxylic acids is 1. The van der Waals surface area contributed by atoms with Crippen LogP contribution >= 0.6 is 31.9 Å². The second-order valence-corrected chi connectivity index (χ2v) is 3.72. The maximum Gasteiger partial charge on any atom is 0.307 e. The number of hydrogen-bond donors (Lipinski definition) is 1. The first-order valence-corrected chi connectivity index (χ1v) is 4.71. The Morgan fingerprint density at radius 2 is 2.17 bits per heavy atom. The number of rotatable bonds is 2. The van der Waals surface area contributed by atoms with Crippen molar-refractivity contribution in [1.82, 2.24) is 4.98 Å². The Morgan fingerprint density at radius 1 is 1.50 bits per heavy atom. The lowest BCUT2D eigenvalue weighted by Gasteiger charge is -1.99. The highest BCUT2D eigenvalue weighted by Crippen LogP contribution is 2.17. The molecule has 1 heterocycles.